The number of nitro groups is 2. The van der Waals surface area contributed by atoms with Gasteiger partial charge in [-0.05, 0) is 18.2 Å². The van der Waals surface area contributed by atoms with E-state index in [9.17, 15) is 30.3 Å². The second-order valence-corrected chi connectivity index (χ2v) is 5.21. The normalized spacial score (nSPS) is 10.5. The number of nitriles is 1. The van der Waals surface area contributed by atoms with Gasteiger partial charge in [-0.15, -0.1) is 0 Å². The van der Waals surface area contributed by atoms with Crippen LogP contribution in [0, 0.1) is 31.6 Å². The van der Waals surface area contributed by atoms with Crippen LogP contribution in [-0.4, -0.2) is 22.9 Å². The van der Waals surface area contributed by atoms with Crippen LogP contribution in [0.1, 0.15) is 0 Å². The number of nitro benzene ring substituents is 2. The molecule has 142 valence electrons. The van der Waals surface area contributed by atoms with E-state index in [0.29, 0.717) is 5.69 Å². The van der Waals surface area contributed by atoms with E-state index < -0.39 is 15.8 Å². The Morgan fingerprint density at radius 1 is 1.11 bits per heavy atom. The van der Waals surface area contributed by atoms with Gasteiger partial charge in [-0.2, -0.15) is 5.26 Å². The Labute approximate surface area is 158 Å². The third-order valence-electron chi connectivity index (χ3n) is 3.47. The van der Waals surface area contributed by atoms with Gasteiger partial charge < -0.3 is 15.4 Å². The SMILES string of the molecule is COc1cc([N+](=O)[O-])ccc1N/C=C(/C#N)C(=O)Nc1ccc([N+](=O)[O-])cc1. The fraction of sp³-hybridized carbons (Fsp3) is 0.0588. The molecule has 0 aliphatic carbocycles. The molecule has 0 spiro atoms. The summed E-state index contributed by atoms with van der Waals surface area (Å²) in [5.41, 5.74) is -0.0313. The quantitative estimate of drug-likeness (QED) is 0.319. The number of non-ortho nitro benzene ring substituents is 2. The highest BCUT2D eigenvalue weighted by atomic mass is 16.6. The largest absolute Gasteiger partial charge is 0.494 e. The standard InChI is InChI=1S/C17H13N5O6/c1-28-16-8-14(22(26)27)6-7-15(16)19-10-11(9-18)17(23)20-12-2-4-13(5-3-12)21(24)25/h2-8,10,19H,1H3,(H,20,23)/b11-10-. The van der Waals surface area contributed by atoms with Crippen LogP contribution in [-0.2, 0) is 4.79 Å². The minimum atomic E-state index is -0.746. The van der Waals surface area contributed by atoms with Crippen molar-refractivity contribution in [1.82, 2.24) is 0 Å². The van der Waals surface area contributed by atoms with E-state index in [1.807, 2.05) is 0 Å². The van der Waals surface area contributed by atoms with E-state index in [0.717, 1.165) is 6.20 Å². The van der Waals surface area contributed by atoms with Crippen molar-refractivity contribution in [3.05, 3.63) is 74.5 Å². The molecule has 2 rings (SSSR count). The van der Waals surface area contributed by atoms with Crippen LogP contribution in [0.3, 0.4) is 0 Å². The molecule has 2 aromatic carbocycles. The number of benzene rings is 2. The molecule has 0 aliphatic heterocycles. The van der Waals surface area contributed by atoms with Gasteiger partial charge in [-0.25, -0.2) is 0 Å². The molecule has 28 heavy (non-hydrogen) atoms. The zero-order valence-electron chi connectivity index (χ0n) is 14.4. The number of carbonyl (C=O) groups excluding carboxylic acids is 1. The van der Waals surface area contributed by atoms with Gasteiger partial charge in [0, 0.05) is 30.1 Å². The van der Waals surface area contributed by atoms with Crippen molar-refractivity contribution in [3.63, 3.8) is 0 Å². The molecular formula is C17H13N5O6. The maximum absolute atomic E-state index is 12.2. The van der Waals surface area contributed by atoms with Crippen molar-refractivity contribution < 1.29 is 19.4 Å². The molecule has 0 aromatic heterocycles. The Balaban J connectivity index is 2.15. The lowest BCUT2D eigenvalue weighted by Crippen LogP contribution is -2.14. The maximum atomic E-state index is 12.2. The number of anilines is 2. The van der Waals surface area contributed by atoms with Gasteiger partial charge in [-0.1, -0.05) is 0 Å². The first kappa shape index (κ1) is 19.9. The summed E-state index contributed by atoms with van der Waals surface area (Å²) in [4.78, 5) is 32.5. The lowest BCUT2D eigenvalue weighted by atomic mass is 10.2. The Hall–Kier alpha value is -4.46. The van der Waals surface area contributed by atoms with Crippen LogP contribution in [0.15, 0.2) is 54.2 Å². The van der Waals surface area contributed by atoms with Gasteiger partial charge in [-0.3, -0.25) is 25.0 Å². The van der Waals surface area contributed by atoms with Gasteiger partial charge in [0.05, 0.1) is 28.7 Å². The zero-order chi connectivity index (χ0) is 20.7. The smallest absolute Gasteiger partial charge is 0.273 e. The number of methoxy groups -OCH3 is 1. The molecular weight excluding hydrogens is 370 g/mol. The summed E-state index contributed by atoms with van der Waals surface area (Å²) in [5, 5.41) is 35.7. The van der Waals surface area contributed by atoms with Crippen molar-refractivity contribution in [2.24, 2.45) is 0 Å². The summed E-state index contributed by atoms with van der Waals surface area (Å²) in [6, 6.07) is 10.6. The third-order valence-corrected chi connectivity index (χ3v) is 3.47. The average Bonchev–Trinajstić information content (AvgIpc) is 2.68. The van der Waals surface area contributed by atoms with E-state index in [-0.39, 0.29) is 28.4 Å². The second-order valence-electron chi connectivity index (χ2n) is 5.21. The first-order chi connectivity index (χ1) is 13.3. The van der Waals surface area contributed by atoms with E-state index in [4.69, 9.17) is 4.74 Å². The van der Waals surface area contributed by atoms with E-state index in [2.05, 4.69) is 10.6 Å². The summed E-state index contributed by atoms with van der Waals surface area (Å²) < 4.78 is 5.05. The van der Waals surface area contributed by atoms with Crippen LogP contribution >= 0.6 is 0 Å². The minimum Gasteiger partial charge on any atom is -0.494 e. The van der Waals surface area contributed by atoms with Crippen LogP contribution in [0.5, 0.6) is 5.75 Å². The molecule has 11 heteroatoms. The number of ether oxygens (including phenoxy) is 1. The molecule has 11 nitrogen and oxygen atoms in total. The van der Waals surface area contributed by atoms with Crippen molar-refractivity contribution in [2.75, 3.05) is 17.7 Å². The molecule has 2 aromatic rings. The molecule has 0 unspecified atom stereocenters. The highest BCUT2D eigenvalue weighted by Crippen LogP contribution is 2.29. The minimum absolute atomic E-state index is 0.138. The lowest BCUT2D eigenvalue weighted by molar-refractivity contribution is -0.385. The lowest BCUT2D eigenvalue weighted by Gasteiger charge is -2.09. The van der Waals surface area contributed by atoms with E-state index in [1.54, 1.807) is 6.07 Å². The number of nitrogens with one attached hydrogen (secondary N) is 2. The number of carbonyl (C=O) groups is 1. The molecule has 0 aliphatic rings. The van der Waals surface area contributed by atoms with Gasteiger partial charge in [0.15, 0.2) is 0 Å². The summed E-state index contributed by atoms with van der Waals surface area (Å²) in [5.74, 6) is -0.594. The highest BCUT2D eigenvalue weighted by Gasteiger charge is 2.13. The fourth-order valence-electron chi connectivity index (χ4n) is 2.08. The Morgan fingerprint density at radius 2 is 1.71 bits per heavy atom. The number of hydrogen-bond acceptors (Lipinski definition) is 8. The monoisotopic (exact) mass is 383 g/mol. The third kappa shape index (κ3) is 4.79. The van der Waals surface area contributed by atoms with Gasteiger partial charge >= 0.3 is 0 Å². The van der Waals surface area contributed by atoms with E-state index in [1.165, 1.54) is 49.6 Å². The molecule has 0 saturated carbocycles. The summed E-state index contributed by atoms with van der Waals surface area (Å²) in [6.45, 7) is 0. The van der Waals surface area contributed by atoms with Crippen molar-refractivity contribution in [3.8, 4) is 11.8 Å². The topological polar surface area (TPSA) is 160 Å². The van der Waals surface area contributed by atoms with Crippen molar-refractivity contribution >= 4 is 28.7 Å². The second kappa shape index (κ2) is 8.77. The van der Waals surface area contributed by atoms with E-state index >= 15 is 0 Å². The molecule has 2 N–H and O–H groups in total. The molecule has 1 amide bonds. The number of amides is 1. The fourth-order valence-corrected chi connectivity index (χ4v) is 2.08. The predicted octanol–water partition coefficient (Wildman–Crippen LogP) is 2.97. The van der Waals surface area contributed by atoms with Gasteiger partial charge in [0.2, 0.25) is 0 Å². The molecule has 0 fully saturated rings. The summed E-state index contributed by atoms with van der Waals surface area (Å²) in [7, 11) is 1.32. The van der Waals surface area contributed by atoms with Crippen LogP contribution in [0.25, 0.3) is 0 Å². The number of hydrogen-bond donors (Lipinski definition) is 2. The Morgan fingerprint density at radius 3 is 2.25 bits per heavy atom. The Kier molecular flexibility index (Phi) is 6.22. The number of rotatable bonds is 7. The first-order valence-electron chi connectivity index (χ1n) is 7.60. The van der Waals surface area contributed by atoms with Crippen molar-refractivity contribution in [2.45, 2.75) is 0 Å². The zero-order valence-corrected chi connectivity index (χ0v) is 14.4. The predicted molar refractivity (Wildman–Crippen MR) is 98.7 cm³/mol. The average molecular weight is 383 g/mol. The number of nitrogens with zero attached hydrogens (tertiary/aromatic N) is 3. The maximum Gasteiger partial charge on any atom is 0.273 e. The molecule has 0 heterocycles. The molecule has 0 radical (unpaired) electrons. The summed E-state index contributed by atoms with van der Waals surface area (Å²) >= 11 is 0. The van der Waals surface area contributed by atoms with Crippen LogP contribution in [0.4, 0.5) is 22.7 Å². The molecule has 0 atom stereocenters. The van der Waals surface area contributed by atoms with Gasteiger partial charge in [0.25, 0.3) is 17.3 Å². The van der Waals surface area contributed by atoms with Crippen LogP contribution in [0.2, 0.25) is 0 Å². The summed E-state index contributed by atoms with van der Waals surface area (Å²) in [6.07, 6.45) is 1.12. The molecule has 0 bridgehead atoms. The van der Waals surface area contributed by atoms with Gasteiger partial charge in [0.1, 0.15) is 17.4 Å². The highest BCUT2D eigenvalue weighted by molar-refractivity contribution is 6.06. The van der Waals surface area contributed by atoms with Crippen molar-refractivity contribution in [1.29, 1.82) is 5.26 Å². The molecule has 0 saturated heterocycles. The first-order valence-corrected chi connectivity index (χ1v) is 7.60. The Bertz CT molecular complexity index is 994. The van der Waals surface area contributed by atoms with Crippen LogP contribution < -0.4 is 15.4 Å².